The summed E-state index contributed by atoms with van der Waals surface area (Å²) < 4.78 is 0. The fraction of sp³-hybridized carbons (Fsp3) is 0.500. The van der Waals surface area contributed by atoms with Crippen molar-refractivity contribution in [3.63, 3.8) is 0 Å². The van der Waals surface area contributed by atoms with Gasteiger partial charge in [-0.25, -0.2) is 0 Å². The molecule has 1 N–H and O–H groups in total. The van der Waals surface area contributed by atoms with Crippen LogP contribution in [-0.4, -0.2) is 22.9 Å². The highest BCUT2D eigenvalue weighted by Gasteiger charge is 2.44. The Labute approximate surface area is 193 Å². The zero-order valence-electron chi connectivity index (χ0n) is 20.0. The number of nitrogens with one attached hydrogen (secondary N) is 1. The third-order valence-electron chi connectivity index (χ3n) is 7.22. The van der Waals surface area contributed by atoms with Crippen molar-refractivity contribution in [1.29, 1.82) is 5.26 Å². The molecular formula is C28H36N4. The Morgan fingerprint density at radius 3 is 2.62 bits per heavy atom. The molecule has 3 aliphatic carbocycles. The molecule has 4 nitrogen and oxygen atoms in total. The molecule has 0 amide bonds. The quantitative estimate of drug-likeness (QED) is 0.583. The van der Waals surface area contributed by atoms with E-state index in [1.807, 2.05) is 6.08 Å². The molecule has 0 saturated heterocycles. The van der Waals surface area contributed by atoms with Crippen LogP contribution in [0.5, 0.6) is 0 Å². The maximum Gasteiger partial charge on any atom is 0.142 e. The lowest BCUT2D eigenvalue weighted by Gasteiger charge is -2.45. The lowest BCUT2D eigenvalue weighted by Crippen LogP contribution is -2.54. The van der Waals surface area contributed by atoms with Crippen molar-refractivity contribution in [3.8, 4) is 6.07 Å². The van der Waals surface area contributed by atoms with Crippen molar-refractivity contribution < 1.29 is 0 Å². The average Bonchev–Trinajstić information content (AvgIpc) is 3.23. The highest BCUT2D eigenvalue weighted by molar-refractivity contribution is 5.90. The zero-order chi connectivity index (χ0) is 22.8. The molecule has 4 atom stereocenters. The monoisotopic (exact) mass is 428 g/mol. The van der Waals surface area contributed by atoms with Gasteiger partial charge >= 0.3 is 0 Å². The summed E-state index contributed by atoms with van der Waals surface area (Å²) in [5, 5.41) is 14.6. The normalized spacial score (nSPS) is 29.8. The van der Waals surface area contributed by atoms with Gasteiger partial charge in [0.1, 0.15) is 12.0 Å². The van der Waals surface area contributed by atoms with E-state index in [0.29, 0.717) is 24.2 Å². The standard InChI is InChI=1S/C28H36N4/c1-18(2)23-12-9-13-24(19(3)4)26(23)32-27(22-10-7-6-8-11-22)30-31-28(32)25-16-21(17-29)15-14-20(25)5/h7,9-15,18-19,23,25-27,30H,6,8,16H2,1-5H3. The first-order valence-corrected chi connectivity index (χ1v) is 12.1. The summed E-state index contributed by atoms with van der Waals surface area (Å²) in [5.41, 5.74) is 8.36. The molecule has 4 heteroatoms. The Morgan fingerprint density at radius 2 is 1.97 bits per heavy atom. The Hall–Kier alpha value is -2.80. The molecule has 0 saturated carbocycles. The zero-order valence-corrected chi connectivity index (χ0v) is 20.0. The largest absolute Gasteiger partial charge is 0.325 e. The van der Waals surface area contributed by atoms with Crippen LogP contribution < -0.4 is 5.43 Å². The fourth-order valence-electron chi connectivity index (χ4n) is 5.37. The molecule has 1 aliphatic heterocycles. The van der Waals surface area contributed by atoms with Crippen LogP contribution in [0.1, 0.15) is 53.9 Å². The third kappa shape index (κ3) is 4.13. The number of hydrazone groups is 1. The van der Waals surface area contributed by atoms with Crippen LogP contribution in [0.25, 0.3) is 0 Å². The second-order valence-corrected chi connectivity index (χ2v) is 10.0. The van der Waals surface area contributed by atoms with E-state index in [-0.39, 0.29) is 18.1 Å². The van der Waals surface area contributed by atoms with Crippen molar-refractivity contribution in [3.05, 3.63) is 70.9 Å². The first-order chi connectivity index (χ1) is 15.4. The molecule has 0 aromatic carbocycles. The molecule has 0 aromatic heterocycles. The van der Waals surface area contributed by atoms with Gasteiger partial charge in [-0.15, -0.1) is 0 Å². The highest BCUT2D eigenvalue weighted by atomic mass is 15.5. The van der Waals surface area contributed by atoms with Crippen LogP contribution in [0.15, 0.2) is 76.0 Å². The first kappa shape index (κ1) is 22.4. The first-order valence-electron chi connectivity index (χ1n) is 12.1. The van der Waals surface area contributed by atoms with E-state index < -0.39 is 0 Å². The van der Waals surface area contributed by atoms with Gasteiger partial charge in [0.05, 0.1) is 12.1 Å². The highest BCUT2D eigenvalue weighted by Crippen LogP contribution is 2.40. The van der Waals surface area contributed by atoms with Crippen molar-refractivity contribution in [1.82, 2.24) is 10.3 Å². The second kappa shape index (κ2) is 9.36. The molecule has 0 spiro atoms. The molecule has 0 radical (unpaired) electrons. The lowest BCUT2D eigenvalue weighted by atomic mass is 9.75. The van der Waals surface area contributed by atoms with Gasteiger partial charge in [0.2, 0.25) is 0 Å². The minimum Gasteiger partial charge on any atom is -0.325 e. The number of nitriles is 1. The minimum absolute atomic E-state index is 0.0192. The number of rotatable bonds is 5. The summed E-state index contributed by atoms with van der Waals surface area (Å²) in [6.07, 6.45) is 20.8. The number of amidine groups is 1. The Morgan fingerprint density at radius 1 is 1.16 bits per heavy atom. The molecule has 0 aromatic rings. The van der Waals surface area contributed by atoms with E-state index >= 15 is 0 Å². The fourth-order valence-corrected chi connectivity index (χ4v) is 5.37. The van der Waals surface area contributed by atoms with E-state index in [1.165, 1.54) is 16.7 Å². The van der Waals surface area contributed by atoms with E-state index in [9.17, 15) is 5.26 Å². The topological polar surface area (TPSA) is 51.4 Å². The Balaban J connectivity index is 1.80. The number of allylic oxidation sites excluding steroid dienone is 7. The van der Waals surface area contributed by atoms with E-state index in [0.717, 1.165) is 24.3 Å². The summed E-state index contributed by atoms with van der Waals surface area (Å²) in [6.45, 7) is 11.4. The van der Waals surface area contributed by atoms with Crippen LogP contribution in [0.4, 0.5) is 0 Å². The van der Waals surface area contributed by atoms with Gasteiger partial charge in [-0.3, -0.25) is 5.43 Å². The smallest absolute Gasteiger partial charge is 0.142 e. The van der Waals surface area contributed by atoms with Gasteiger partial charge in [-0.2, -0.15) is 10.4 Å². The Kier molecular flexibility index (Phi) is 6.55. The van der Waals surface area contributed by atoms with E-state index in [2.05, 4.69) is 93.5 Å². The molecule has 0 fully saturated rings. The number of nitrogens with zero attached hydrogens (tertiary/aromatic N) is 3. The van der Waals surface area contributed by atoms with Gasteiger partial charge in [0, 0.05) is 17.4 Å². The number of hydrogen-bond donors (Lipinski definition) is 1. The van der Waals surface area contributed by atoms with Gasteiger partial charge < -0.3 is 4.90 Å². The summed E-state index contributed by atoms with van der Waals surface area (Å²) in [4.78, 5) is 2.56. The van der Waals surface area contributed by atoms with Gasteiger partial charge in [-0.05, 0) is 55.2 Å². The summed E-state index contributed by atoms with van der Waals surface area (Å²) in [6, 6.07) is 2.61. The summed E-state index contributed by atoms with van der Waals surface area (Å²) >= 11 is 0. The van der Waals surface area contributed by atoms with Crippen LogP contribution in [0.3, 0.4) is 0 Å². The van der Waals surface area contributed by atoms with Gasteiger partial charge in [0.15, 0.2) is 0 Å². The molecule has 1 heterocycles. The molecule has 4 unspecified atom stereocenters. The summed E-state index contributed by atoms with van der Waals surface area (Å²) in [7, 11) is 0. The minimum atomic E-state index is 0.0192. The van der Waals surface area contributed by atoms with E-state index in [4.69, 9.17) is 5.10 Å². The predicted octanol–water partition coefficient (Wildman–Crippen LogP) is 6.02. The summed E-state index contributed by atoms with van der Waals surface area (Å²) in [5.74, 6) is 2.54. The Bertz CT molecular complexity index is 993. The maximum absolute atomic E-state index is 9.58. The van der Waals surface area contributed by atoms with Crippen LogP contribution in [0.2, 0.25) is 0 Å². The molecule has 0 bridgehead atoms. The van der Waals surface area contributed by atoms with Crippen molar-refractivity contribution in [2.45, 2.75) is 66.1 Å². The van der Waals surface area contributed by atoms with Gasteiger partial charge in [0.25, 0.3) is 0 Å². The molecule has 4 aliphatic rings. The lowest BCUT2D eigenvalue weighted by molar-refractivity contribution is 0.198. The van der Waals surface area contributed by atoms with Crippen molar-refractivity contribution >= 4 is 5.84 Å². The van der Waals surface area contributed by atoms with E-state index in [1.54, 1.807) is 0 Å². The van der Waals surface area contributed by atoms with Crippen molar-refractivity contribution in [2.75, 3.05) is 0 Å². The molecular weight excluding hydrogens is 392 g/mol. The second-order valence-electron chi connectivity index (χ2n) is 10.0. The molecule has 168 valence electrons. The number of hydrogen-bond acceptors (Lipinski definition) is 4. The van der Waals surface area contributed by atoms with Crippen molar-refractivity contribution in [2.24, 2.45) is 28.8 Å². The third-order valence-corrected chi connectivity index (χ3v) is 7.22. The van der Waals surface area contributed by atoms with Gasteiger partial charge in [-0.1, -0.05) is 75.8 Å². The van der Waals surface area contributed by atoms with Crippen LogP contribution in [0, 0.1) is 35.0 Å². The average molecular weight is 429 g/mol. The predicted molar refractivity (Wildman–Crippen MR) is 132 cm³/mol. The molecule has 4 rings (SSSR count). The maximum atomic E-state index is 9.58. The van der Waals surface area contributed by atoms with Crippen LogP contribution >= 0.6 is 0 Å². The SMILES string of the molecule is CC1=CC=C(C#N)CC1C1=NNC(C2=CCCC=C2)N1C1C(C(C)C)=CC=CC1C(C)C. The van der Waals surface area contributed by atoms with Crippen LogP contribution in [-0.2, 0) is 0 Å². The molecule has 32 heavy (non-hydrogen) atoms.